The molecule has 0 heterocycles. The van der Waals surface area contributed by atoms with Gasteiger partial charge < -0.3 is 10.2 Å². The number of rotatable bonds is 8. The van der Waals surface area contributed by atoms with E-state index < -0.39 is 6.04 Å². The van der Waals surface area contributed by atoms with Gasteiger partial charge in [-0.2, -0.15) is 0 Å². The van der Waals surface area contributed by atoms with Gasteiger partial charge in [-0.3, -0.25) is 9.59 Å². The standard InChI is InChI=1S/C23H28Cl2N2O2S/c1-5-20(22(29)26-23(2,3)4)27(14-16-11-12-18(24)19(25)13-16)21(28)15-30-17-9-7-6-8-10-17/h6-13,20H,5,14-15H2,1-4H3,(H,26,29)/t20-/m1/s1. The van der Waals surface area contributed by atoms with Crippen LogP contribution < -0.4 is 5.32 Å². The first-order valence-electron chi connectivity index (χ1n) is 9.84. The SMILES string of the molecule is CC[C@H](C(=O)NC(C)(C)C)N(Cc1ccc(Cl)c(Cl)c1)C(=O)CSc1ccccc1. The van der Waals surface area contributed by atoms with Gasteiger partial charge in [0.25, 0.3) is 0 Å². The van der Waals surface area contributed by atoms with E-state index >= 15 is 0 Å². The first kappa shape index (κ1) is 24.6. The molecule has 0 aromatic heterocycles. The van der Waals surface area contributed by atoms with E-state index in [1.165, 1.54) is 11.8 Å². The smallest absolute Gasteiger partial charge is 0.243 e. The summed E-state index contributed by atoms with van der Waals surface area (Å²) in [5.41, 5.74) is 0.436. The average Bonchev–Trinajstić information content (AvgIpc) is 2.68. The fourth-order valence-electron chi connectivity index (χ4n) is 2.95. The number of hydrogen-bond acceptors (Lipinski definition) is 3. The lowest BCUT2D eigenvalue weighted by atomic mass is 10.1. The third-order valence-electron chi connectivity index (χ3n) is 4.33. The lowest BCUT2D eigenvalue weighted by Gasteiger charge is -2.33. The van der Waals surface area contributed by atoms with Crippen LogP contribution in [-0.4, -0.2) is 34.0 Å². The Morgan fingerprint density at radius 1 is 1.07 bits per heavy atom. The van der Waals surface area contributed by atoms with E-state index in [9.17, 15) is 9.59 Å². The molecule has 0 saturated heterocycles. The average molecular weight is 467 g/mol. The maximum Gasteiger partial charge on any atom is 0.243 e. The molecule has 162 valence electrons. The van der Waals surface area contributed by atoms with E-state index in [1.54, 1.807) is 17.0 Å². The molecule has 30 heavy (non-hydrogen) atoms. The van der Waals surface area contributed by atoms with Gasteiger partial charge in [-0.25, -0.2) is 0 Å². The number of nitrogens with one attached hydrogen (secondary N) is 1. The molecule has 2 amide bonds. The van der Waals surface area contributed by atoms with Crippen molar-refractivity contribution >= 4 is 46.8 Å². The monoisotopic (exact) mass is 466 g/mol. The van der Waals surface area contributed by atoms with E-state index in [0.717, 1.165) is 10.5 Å². The van der Waals surface area contributed by atoms with Crippen LogP contribution in [-0.2, 0) is 16.1 Å². The Morgan fingerprint density at radius 2 is 1.73 bits per heavy atom. The summed E-state index contributed by atoms with van der Waals surface area (Å²) in [6.07, 6.45) is 0.505. The maximum absolute atomic E-state index is 13.2. The van der Waals surface area contributed by atoms with Crippen LogP contribution >= 0.6 is 35.0 Å². The van der Waals surface area contributed by atoms with Crippen molar-refractivity contribution in [1.29, 1.82) is 0 Å². The fourth-order valence-corrected chi connectivity index (χ4v) is 4.08. The molecule has 0 aliphatic heterocycles. The summed E-state index contributed by atoms with van der Waals surface area (Å²) in [5.74, 6) is -0.0288. The van der Waals surface area contributed by atoms with Crippen LogP contribution in [0, 0.1) is 0 Å². The largest absolute Gasteiger partial charge is 0.350 e. The predicted molar refractivity (Wildman–Crippen MR) is 126 cm³/mol. The first-order chi connectivity index (χ1) is 14.1. The number of hydrogen-bond donors (Lipinski definition) is 1. The first-order valence-corrected chi connectivity index (χ1v) is 11.6. The highest BCUT2D eigenvalue weighted by Gasteiger charge is 2.30. The molecule has 0 saturated carbocycles. The van der Waals surface area contributed by atoms with Crippen molar-refractivity contribution in [2.24, 2.45) is 0 Å². The minimum absolute atomic E-state index is 0.106. The zero-order valence-electron chi connectivity index (χ0n) is 17.7. The second-order valence-corrected chi connectivity index (χ2v) is 9.90. The summed E-state index contributed by atoms with van der Waals surface area (Å²) in [4.78, 5) is 28.8. The Bertz CT molecular complexity index is 869. The second-order valence-electron chi connectivity index (χ2n) is 8.04. The number of amides is 2. The van der Waals surface area contributed by atoms with Crippen molar-refractivity contribution in [2.45, 2.75) is 57.1 Å². The van der Waals surface area contributed by atoms with Crippen LogP contribution in [0.1, 0.15) is 39.7 Å². The molecular formula is C23H28Cl2N2O2S. The van der Waals surface area contributed by atoms with Crippen molar-refractivity contribution in [3.05, 3.63) is 64.1 Å². The van der Waals surface area contributed by atoms with Gasteiger partial charge in [-0.05, 0) is 57.0 Å². The van der Waals surface area contributed by atoms with Gasteiger partial charge in [0.1, 0.15) is 6.04 Å². The Balaban J connectivity index is 2.25. The quantitative estimate of drug-likeness (QED) is 0.499. The van der Waals surface area contributed by atoms with Gasteiger partial charge in [0.2, 0.25) is 11.8 Å². The van der Waals surface area contributed by atoms with Gasteiger partial charge >= 0.3 is 0 Å². The molecule has 4 nitrogen and oxygen atoms in total. The van der Waals surface area contributed by atoms with Gasteiger partial charge in [-0.15, -0.1) is 11.8 Å². The van der Waals surface area contributed by atoms with Crippen molar-refractivity contribution in [2.75, 3.05) is 5.75 Å². The Hall–Kier alpha value is -1.69. The van der Waals surface area contributed by atoms with Gasteiger partial charge in [0.05, 0.1) is 15.8 Å². The molecule has 2 rings (SSSR count). The van der Waals surface area contributed by atoms with Crippen LogP contribution in [0.5, 0.6) is 0 Å². The second kappa shape index (κ2) is 11.1. The number of carbonyl (C=O) groups is 2. The summed E-state index contributed by atoms with van der Waals surface area (Å²) in [7, 11) is 0. The van der Waals surface area contributed by atoms with E-state index in [-0.39, 0.29) is 29.7 Å². The number of halogens is 2. The lowest BCUT2D eigenvalue weighted by molar-refractivity contribution is -0.140. The molecule has 2 aromatic rings. The molecule has 7 heteroatoms. The van der Waals surface area contributed by atoms with E-state index in [1.807, 2.05) is 64.1 Å². The Morgan fingerprint density at radius 3 is 2.30 bits per heavy atom. The molecule has 0 radical (unpaired) electrons. The van der Waals surface area contributed by atoms with Crippen LogP contribution in [0.3, 0.4) is 0 Å². The maximum atomic E-state index is 13.2. The zero-order valence-corrected chi connectivity index (χ0v) is 20.1. The van der Waals surface area contributed by atoms with Crippen molar-refractivity contribution < 1.29 is 9.59 Å². The summed E-state index contributed by atoms with van der Waals surface area (Å²) in [6, 6.07) is 14.4. The summed E-state index contributed by atoms with van der Waals surface area (Å²) in [5, 5.41) is 3.88. The van der Waals surface area contributed by atoms with E-state index in [2.05, 4.69) is 5.32 Å². The highest BCUT2D eigenvalue weighted by atomic mass is 35.5. The molecule has 2 aromatic carbocycles. The molecule has 1 atom stereocenters. The Labute approximate surface area is 193 Å². The topological polar surface area (TPSA) is 49.4 Å². The predicted octanol–water partition coefficient (Wildman–Crippen LogP) is 5.81. The molecular weight excluding hydrogens is 439 g/mol. The molecule has 0 fully saturated rings. The van der Waals surface area contributed by atoms with E-state index in [0.29, 0.717) is 16.5 Å². The van der Waals surface area contributed by atoms with Gasteiger partial charge in [0.15, 0.2) is 0 Å². The molecule has 0 aliphatic rings. The summed E-state index contributed by atoms with van der Waals surface area (Å²) in [6.45, 7) is 7.96. The van der Waals surface area contributed by atoms with Crippen molar-refractivity contribution in [3.63, 3.8) is 0 Å². The number of thioether (sulfide) groups is 1. The molecule has 1 N–H and O–H groups in total. The van der Waals surface area contributed by atoms with Crippen LogP contribution in [0.25, 0.3) is 0 Å². The number of benzene rings is 2. The Kier molecular flexibility index (Phi) is 9.08. The van der Waals surface area contributed by atoms with Crippen LogP contribution in [0.4, 0.5) is 0 Å². The number of nitrogens with zero attached hydrogens (tertiary/aromatic N) is 1. The number of carbonyl (C=O) groups excluding carboxylic acids is 2. The molecule has 0 unspecified atom stereocenters. The molecule has 0 bridgehead atoms. The van der Waals surface area contributed by atoms with Crippen LogP contribution in [0.2, 0.25) is 10.0 Å². The van der Waals surface area contributed by atoms with E-state index in [4.69, 9.17) is 23.2 Å². The third kappa shape index (κ3) is 7.53. The van der Waals surface area contributed by atoms with Gasteiger partial charge in [-0.1, -0.05) is 54.4 Å². The molecule has 0 spiro atoms. The summed E-state index contributed by atoms with van der Waals surface area (Å²) >= 11 is 13.6. The highest BCUT2D eigenvalue weighted by Crippen LogP contribution is 2.25. The van der Waals surface area contributed by atoms with Crippen molar-refractivity contribution in [1.82, 2.24) is 10.2 Å². The van der Waals surface area contributed by atoms with Gasteiger partial charge in [0, 0.05) is 17.0 Å². The molecule has 0 aliphatic carbocycles. The normalized spacial score (nSPS) is 12.3. The fraction of sp³-hybridized carbons (Fsp3) is 0.391. The van der Waals surface area contributed by atoms with Crippen molar-refractivity contribution in [3.8, 4) is 0 Å². The highest BCUT2D eigenvalue weighted by molar-refractivity contribution is 8.00. The summed E-state index contributed by atoms with van der Waals surface area (Å²) < 4.78 is 0. The van der Waals surface area contributed by atoms with Crippen LogP contribution in [0.15, 0.2) is 53.4 Å². The third-order valence-corrected chi connectivity index (χ3v) is 6.06. The minimum atomic E-state index is -0.581. The lowest BCUT2D eigenvalue weighted by Crippen LogP contribution is -2.53. The zero-order chi connectivity index (χ0) is 22.3. The minimum Gasteiger partial charge on any atom is -0.350 e.